The third-order valence-corrected chi connectivity index (χ3v) is 4.08. The van der Waals surface area contributed by atoms with E-state index in [0.29, 0.717) is 10.6 Å². The lowest BCUT2D eigenvalue weighted by Crippen LogP contribution is -2.38. The summed E-state index contributed by atoms with van der Waals surface area (Å²) in [6, 6.07) is 7.60. The third-order valence-electron chi connectivity index (χ3n) is 3.82. The molecule has 0 radical (unpaired) electrons. The van der Waals surface area contributed by atoms with Crippen LogP contribution in [-0.2, 0) is 0 Å². The van der Waals surface area contributed by atoms with E-state index in [-0.39, 0.29) is 24.4 Å². The van der Waals surface area contributed by atoms with Gasteiger partial charge in [-0.3, -0.25) is 4.79 Å². The Bertz CT molecular complexity index is 635. The highest BCUT2D eigenvalue weighted by Crippen LogP contribution is 2.15. The maximum Gasteiger partial charge on any atom is 0.257 e. The van der Waals surface area contributed by atoms with Gasteiger partial charge >= 0.3 is 0 Å². The van der Waals surface area contributed by atoms with Gasteiger partial charge < -0.3 is 10.2 Å². The minimum atomic E-state index is 0. The quantitative estimate of drug-likeness (QED) is 0.933. The molecule has 22 heavy (non-hydrogen) atoms. The predicted octanol–water partition coefficient (Wildman–Crippen LogP) is 2.38. The largest absolute Gasteiger partial charge is 0.337 e. The maximum atomic E-state index is 12.5. The van der Waals surface area contributed by atoms with E-state index in [1.165, 1.54) is 0 Å². The fraction of sp³-hybridized carbons (Fsp3) is 0.333. The lowest BCUT2D eigenvalue weighted by Gasteiger charge is -2.22. The van der Waals surface area contributed by atoms with Gasteiger partial charge in [0.1, 0.15) is 0 Å². The van der Waals surface area contributed by atoms with E-state index >= 15 is 0 Å². The standard InChI is InChI=1S/C15H17ClN4O.ClH/c1-19(14-6-7-17-9-14)15(21)11-8-18-20(10-11)13-4-2-12(16)3-5-13;/h2-5,8,10,14,17H,6-7,9H2,1H3;1H. The first-order chi connectivity index (χ1) is 10.1. The van der Waals surface area contributed by atoms with Crippen LogP contribution in [0.3, 0.4) is 0 Å². The normalized spacial score (nSPS) is 17.1. The highest BCUT2D eigenvalue weighted by Gasteiger charge is 2.24. The summed E-state index contributed by atoms with van der Waals surface area (Å²) in [5.74, 6) is 0.00362. The molecule has 5 nitrogen and oxygen atoms in total. The molecule has 0 spiro atoms. The smallest absolute Gasteiger partial charge is 0.257 e. The number of benzene rings is 1. The highest BCUT2D eigenvalue weighted by atomic mass is 35.5. The summed E-state index contributed by atoms with van der Waals surface area (Å²) >= 11 is 5.87. The van der Waals surface area contributed by atoms with Crippen molar-refractivity contribution in [2.75, 3.05) is 20.1 Å². The van der Waals surface area contributed by atoms with Crippen molar-refractivity contribution in [1.29, 1.82) is 0 Å². The van der Waals surface area contributed by atoms with Gasteiger partial charge in [0.2, 0.25) is 0 Å². The number of aromatic nitrogens is 2. The topological polar surface area (TPSA) is 50.2 Å². The number of likely N-dealkylation sites (N-methyl/N-ethyl adjacent to an activating group) is 1. The molecular formula is C15H18Cl2N4O. The Morgan fingerprint density at radius 1 is 1.41 bits per heavy atom. The summed E-state index contributed by atoms with van der Waals surface area (Å²) in [6.07, 6.45) is 4.35. The zero-order valence-corrected chi connectivity index (χ0v) is 13.8. The first kappa shape index (κ1) is 16.8. The number of nitrogens with one attached hydrogen (secondary N) is 1. The van der Waals surface area contributed by atoms with Crippen LogP contribution < -0.4 is 5.32 Å². The summed E-state index contributed by atoms with van der Waals surface area (Å²) in [4.78, 5) is 14.2. The molecule has 118 valence electrons. The molecule has 2 aromatic rings. The molecule has 0 bridgehead atoms. The molecule has 1 aromatic carbocycles. The Morgan fingerprint density at radius 3 is 2.77 bits per heavy atom. The Hall–Kier alpha value is -1.56. The molecule has 0 saturated carbocycles. The average molecular weight is 341 g/mol. The molecule has 1 amide bonds. The first-order valence-corrected chi connectivity index (χ1v) is 7.31. The maximum absolute atomic E-state index is 12.5. The second-order valence-corrected chi connectivity index (χ2v) is 5.65. The monoisotopic (exact) mass is 340 g/mol. The number of carbonyl (C=O) groups excluding carboxylic acids is 1. The van der Waals surface area contributed by atoms with E-state index in [2.05, 4.69) is 10.4 Å². The molecule has 1 atom stereocenters. The zero-order chi connectivity index (χ0) is 14.8. The van der Waals surface area contributed by atoms with Gasteiger partial charge in [-0.15, -0.1) is 12.4 Å². The second-order valence-electron chi connectivity index (χ2n) is 5.21. The van der Waals surface area contributed by atoms with Gasteiger partial charge in [0.25, 0.3) is 5.91 Å². The van der Waals surface area contributed by atoms with Crippen LogP contribution in [0.1, 0.15) is 16.8 Å². The van der Waals surface area contributed by atoms with Crippen LogP contribution in [0, 0.1) is 0 Å². The van der Waals surface area contributed by atoms with E-state index in [9.17, 15) is 4.79 Å². The molecule has 0 aliphatic carbocycles. The summed E-state index contributed by atoms with van der Waals surface area (Å²) in [5.41, 5.74) is 1.47. The van der Waals surface area contributed by atoms with Gasteiger partial charge in [-0.2, -0.15) is 5.10 Å². The minimum absolute atomic E-state index is 0. The van der Waals surface area contributed by atoms with Gasteiger partial charge in [0.15, 0.2) is 0 Å². The van der Waals surface area contributed by atoms with Crippen molar-refractivity contribution < 1.29 is 4.79 Å². The number of hydrogen-bond acceptors (Lipinski definition) is 3. The van der Waals surface area contributed by atoms with Gasteiger partial charge in [0, 0.05) is 30.9 Å². The zero-order valence-electron chi connectivity index (χ0n) is 12.2. The molecule has 1 aromatic heterocycles. The van der Waals surface area contributed by atoms with Crippen molar-refractivity contribution in [3.8, 4) is 5.69 Å². The van der Waals surface area contributed by atoms with Crippen molar-refractivity contribution in [3.63, 3.8) is 0 Å². The van der Waals surface area contributed by atoms with Gasteiger partial charge in [0.05, 0.1) is 17.4 Å². The van der Waals surface area contributed by atoms with Gasteiger partial charge in [-0.05, 0) is 37.2 Å². The predicted molar refractivity (Wildman–Crippen MR) is 89.2 cm³/mol. The van der Waals surface area contributed by atoms with Crippen molar-refractivity contribution in [2.24, 2.45) is 0 Å². The summed E-state index contributed by atoms with van der Waals surface area (Å²) in [5, 5.41) is 8.20. The SMILES string of the molecule is CN(C(=O)c1cnn(-c2ccc(Cl)cc2)c1)C1CCNC1.Cl. The first-order valence-electron chi connectivity index (χ1n) is 6.93. The number of amides is 1. The summed E-state index contributed by atoms with van der Waals surface area (Å²) in [6.45, 7) is 1.82. The molecule has 1 unspecified atom stereocenters. The molecule has 7 heteroatoms. The average Bonchev–Trinajstić information content (AvgIpc) is 3.18. The molecule has 1 saturated heterocycles. The van der Waals surface area contributed by atoms with Crippen LogP contribution >= 0.6 is 24.0 Å². The Morgan fingerprint density at radius 2 is 2.14 bits per heavy atom. The molecule has 1 aliphatic rings. The molecule has 1 N–H and O–H groups in total. The van der Waals surface area contributed by atoms with Crippen molar-refractivity contribution in [2.45, 2.75) is 12.5 Å². The number of carbonyl (C=O) groups is 1. The van der Waals surface area contributed by atoms with E-state index in [1.54, 1.807) is 34.1 Å². The third kappa shape index (κ3) is 3.43. The molecular weight excluding hydrogens is 323 g/mol. The van der Waals surface area contributed by atoms with E-state index in [0.717, 1.165) is 25.2 Å². The van der Waals surface area contributed by atoms with Crippen molar-refractivity contribution in [1.82, 2.24) is 20.0 Å². The highest BCUT2D eigenvalue weighted by molar-refractivity contribution is 6.30. The Kier molecular flexibility index (Phi) is 5.45. The number of nitrogens with zero attached hydrogens (tertiary/aromatic N) is 3. The molecule has 1 fully saturated rings. The lowest BCUT2D eigenvalue weighted by molar-refractivity contribution is 0.0744. The van der Waals surface area contributed by atoms with E-state index in [1.807, 2.05) is 19.2 Å². The van der Waals surface area contributed by atoms with Crippen LogP contribution in [0.5, 0.6) is 0 Å². The molecule has 3 rings (SSSR count). The minimum Gasteiger partial charge on any atom is -0.337 e. The van der Waals surface area contributed by atoms with E-state index < -0.39 is 0 Å². The molecule has 1 aliphatic heterocycles. The van der Waals surface area contributed by atoms with Crippen LogP contribution in [0.4, 0.5) is 0 Å². The van der Waals surface area contributed by atoms with Crippen LogP contribution in [-0.4, -0.2) is 46.8 Å². The number of hydrogen-bond donors (Lipinski definition) is 1. The van der Waals surface area contributed by atoms with Crippen LogP contribution in [0.2, 0.25) is 5.02 Å². The second kappa shape index (κ2) is 7.13. The molecule has 2 heterocycles. The van der Waals surface area contributed by atoms with Crippen LogP contribution in [0.15, 0.2) is 36.7 Å². The summed E-state index contributed by atoms with van der Waals surface area (Å²) in [7, 11) is 1.85. The van der Waals surface area contributed by atoms with Crippen LogP contribution in [0.25, 0.3) is 5.69 Å². The number of halogens is 2. The van der Waals surface area contributed by atoms with Gasteiger partial charge in [-0.1, -0.05) is 11.6 Å². The van der Waals surface area contributed by atoms with Crippen molar-refractivity contribution >= 4 is 29.9 Å². The lowest BCUT2D eigenvalue weighted by atomic mass is 10.2. The Labute approximate surface area is 140 Å². The fourth-order valence-electron chi connectivity index (χ4n) is 2.51. The van der Waals surface area contributed by atoms with Gasteiger partial charge in [-0.25, -0.2) is 4.68 Å². The fourth-order valence-corrected chi connectivity index (χ4v) is 2.63. The summed E-state index contributed by atoms with van der Waals surface area (Å²) < 4.78 is 1.68. The van der Waals surface area contributed by atoms with E-state index in [4.69, 9.17) is 11.6 Å². The Balaban J connectivity index is 0.00000176. The number of rotatable bonds is 3. The van der Waals surface area contributed by atoms with Crippen molar-refractivity contribution in [3.05, 3.63) is 47.2 Å².